The molecule has 0 bridgehead atoms. The van der Waals surface area contributed by atoms with Gasteiger partial charge in [0.25, 0.3) is 5.91 Å². The predicted octanol–water partition coefficient (Wildman–Crippen LogP) is 9.91. The Morgan fingerprint density at radius 2 is 1.58 bits per heavy atom. The molecule has 0 unspecified atom stereocenters. The summed E-state index contributed by atoms with van der Waals surface area (Å²) in [6.45, 7) is 2.59. The molecule has 0 saturated carbocycles. The number of nitrogens with zero attached hydrogens (tertiary/aromatic N) is 2. The van der Waals surface area contributed by atoms with Crippen LogP contribution >= 0.6 is 0 Å². The van der Waals surface area contributed by atoms with Crippen LogP contribution in [0.25, 0.3) is 32.7 Å². The summed E-state index contributed by atoms with van der Waals surface area (Å²) in [4.78, 5) is 34.3. The van der Waals surface area contributed by atoms with Gasteiger partial charge in [-0.2, -0.15) is 13.2 Å². The van der Waals surface area contributed by atoms with Crippen LogP contribution in [0.2, 0.25) is 0 Å². The standard InChI is InChI=1S/C31H36F3N5O3.C10H10N2O/c1-2-3-4-5-6-7-8-9-16-41-29-27(42-20-31(32,33)34)13-11-22-17-21-10-12-23(18-25(21)37-28(22)29)38-39-26-19-36-15-14-24(26)30(35)40;1-7(13)11-10-6-8-4-2-3-5-9(8)12-10/h10-15,17-19,38-39H,2-9,16,20H2,1H3,(H2,35,40);2-6,12H,1H3,(H,11,13). The molecule has 3 aromatic carbocycles. The highest BCUT2D eigenvalue weighted by Gasteiger charge is 2.29. The fraction of sp³-hybridized carbons (Fsp3) is 0.317. The fourth-order valence-electron chi connectivity index (χ4n) is 5.93. The lowest BCUT2D eigenvalue weighted by Gasteiger charge is -2.16. The SMILES string of the molecule is CC(=O)Nc1cc2ccccc2[nH]1.CCCCCCCCCCOc1c(OCC(F)(F)F)ccc2cc3ccc(NNc4cnccc4C(N)=O)cc3nc12. The van der Waals surface area contributed by atoms with Gasteiger partial charge in [0.15, 0.2) is 18.1 Å². The van der Waals surface area contributed by atoms with Gasteiger partial charge in [-0.1, -0.05) is 76.1 Å². The number of H-pyrrole nitrogens is 1. The molecule has 11 nitrogen and oxygen atoms in total. The van der Waals surface area contributed by atoms with E-state index in [2.05, 4.69) is 33.1 Å². The van der Waals surface area contributed by atoms with Crippen molar-refractivity contribution in [2.45, 2.75) is 71.4 Å². The first-order valence-corrected chi connectivity index (χ1v) is 18.3. The highest BCUT2D eigenvalue weighted by molar-refractivity contribution is 5.99. The largest absolute Gasteiger partial charge is 0.488 e. The molecule has 2 amide bonds. The maximum absolute atomic E-state index is 13.0. The number of nitrogens with two attached hydrogens (primary N) is 1. The number of amides is 2. The molecule has 0 aliphatic carbocycles. The molecule has 6 rings (SSSR count). The third-order valence-corrected chi connectivity index (χ3v) is 8.60. The van der Waals surface area contributed by atoms with E-state index in [0.29, 0.717) is 34.4 Å². The number of primary amides is 1. The number of unbranched alkanes of at least 4 members (excludes halogenated alkanes) is 7. The Balaban J connectivity index is 0.000000373. The third kappa shape index (κ3) is 12.0. The molecule has 0 spiro atoms. The molecule has 6 N–H and O–H groups in total. The Morgan fingerprint density at radius 1 is 0.836 bits per heavy atom. The van der Waals surface area contributed by atoms with Gasteiger partial charge in [0.05, 0.1) is 35.3 Å². The van der Waals surface area contributed by atoms with Crippen LogP contribution in [-0.4, -0.2) is 46.2 Å². The molecule has 3 heterocycles. The van der Waals surface area contributed by atoms with Gasteiger partial charge in [-0.05, 0) is 55.0 Å². The van der Waals surface area contributed by atoms with Gasteiger partial charge in [-0.15, -0.1) is 0 Å². The minimum Gasteiger partial charge on any atom is -0.488 e. The molecule has 3 aromatic heterocycles. The smallest absolute Gasteiger partial charge is 0.422 e. The molecule has 6 aromatic rings. The number of fused-ring (bicyclic) bond motifs is 3. The number of aromatic amines is 1. The number of alkyl halides is 3. The summed E-state index contributed by atoms with van der Waals surface area (Å²) in [6, 6.07) is 21.8. The second-order valence-corrected chi connectivity index (χ2v) is 13.1. The van der Waals surface area contributed by atoms with Crippen molar-refractivity contribution >= 4 is 61.7 Å². The van der Waals surface area contributed by atoms with Crippen LogP contribution in [0.4, 0.5) is 30.4 Å². The normalized spacial score (nSPS) is 11.2. The summed E-state index contributed by atoms with van der Waals surface area (Å²) < 4.78 is 50.1. The first kappa shape index (κ1) is 40.1. The van der Waals surface area contributed by atoms with E-state index in [-0.39, 0.29) is 23.0 Å². The number of pyridine rings is 2. The number of aromatic nitrogens is 3. The molecule has 0 fully saturated rings. The Labute approximate surface area is 317 Å². The fourth-order valence-corrected chi connectivity index (χ4v) is 5.93. The zero-order valence-corrected chi connectivity index (χ0v) is 30.9. The van der Waals surface area contributed by atoms with Crippen molar-refractivity contribution in [3.8, 4) is 11.5 Å². The third-order valence-electron chi connectivity index (χ3n) is 8.60. The molecular formula is C41H46F3N7O4. The van der Waals surface area contributed by atoms with Crippen molar-refractivity contribution in [2.24, 2.45) is 5.73 Å². The zero-order valence-electron chi connectivity index (χ0n) is 30.9. The van der Waals surface area contributed by atoms with Crippen molar-refractivity contribution in [1.29, 1.82) is 0 Å². The van der Waals surface area contributed by atoms with Crippen molar-refractivity contribution in [3.05, 3.63) is 90.8 Å². The van der Waals surface area contributed by atoms with Crippen LogP contribution in [0.15, 0.2) is 85.2 Å². The highest BCUT2D eigenvalue weighted by atomic mass is 19.4. The second kappa shape index (κ2) is 19.3. The Kier molecular flexibility index (Phi) is 14.1. The van der Waals surface area contributed by atoms with Gasteiger partial charge in [-0.25, -0.2) is 4.98 Å². The average Bonchev–Trinajstić information content (AvgIpc) is 3.57. The molecule has 0 saturated heterocycles. The van der Waals surface area contributed by atoms with E-state index >= 15 is 0 Å². The van der Waals surface area contributed by atoms with Crippen LogP contribution in [0.1, 0.15) is 75.6 Å². The van der Waals surface area contributed by atoms with E-state index in [1.54, 1.807) is 12.1 Å². The lowest BCUT2D eigenvalue weighted by Crippen LogP contribution is -2.19. The van der Waals surface area contributed by atoms with E-state index in [1.165, 1.54) is 57.1 Å². The lowest BCUT2D eigenvalue weighted by atomic mass is 10.1. The maximum atomic E-state index is 13.0. The van der Waals surface area contributed by atoms with E-state index in [9.17, 15) is 22.8 Å². The van der Waals surface area contributed by atoms with Gasteiger partial charge in [-0.3, -0.25) is 20.0 Å². The molecule has 0 radical (unpaired) electrons. The maximum Gasteiger partial charge on any atom is 0.422 e. The number of nitrogens with one attached hydrogen (secondary N) is 4. The zero-order chi connectivity index (χ0) is 39.2. The van der Waals surface area contributed by atoms with Crippen molar-refractivity contribution in [3.63, 3.8) is 0 Å². The van der Waals surface area contributed by atoms with Crippen molar-refractivity contribution in [2.75, 3.05) is 29.4 Å². The number of hydrazine groups is 1. The summed E-state index contributed by atoms with van der Waals surface area (Å²) in [5.74, 6) is 0.272. The number of anilines is 3. The Morgan fingerprint density at radius 3 is 2.31 bits per heavy atom. The average molecular weight is 758 g/mol. The molecule has 14 heteroatoms. The van der Waals surface area contributed by atoms with E-state index in [4.69, 9.17) is 20.2 Å². The predicted molar refractivity (Wildman–Crippen MR) is 212 cm³/mol. The van der Waals surface area contributed by atoms with Crippen LogP contribution < -0.4 is 31.4 Å². The quantitative estimate of drug-likeness (QED) is 0.0350. The lowest BCUT2D eigenvalue weighted by molar-refractivity contribution is -0.153. The number of carbonyl (C=O) groups is 2. The number of ether oxygens (including phenoxy) is 2. The number of para-hydroxylation sites is 1. The van der Waals surface area contributed by atoms with Crippen LogP contribution in [0.5, 0.6) is 11.5 Å². The van der Waals surface area contributed by atoms with Crippen molar-refractivity contribution in [1.82, 2.24) is 15.0 Å². The summed E-state index contributed by atoms with van der Waals surface area (Å²) in [6.07, 6.45) is 7.37. The van der Waals surface area contributed by atoms with Crippen LogP contribution in [-0.2, 0) is 4.79 Å². The molecule has 0 atom stereocenters. The molecule has 55 heavy (non-hydrogen) atoms. The number of hydrogen-bond acceptors (Lipinski definition) is 8. The number of hydrogen-bond donors (Lipinski definition) is 5. The van der Waals surface area contributed by atoms with E-state index in [0.717, 1.165) is 47.8 Å². The van der Waals surface area contributed by atoms with Gasteiger partial charge in [0.2, 0.25) is 5.91 Å². The van der Waals surface area contributed by atoms with Gasteiger partial charge < -0.3 is 30.9 Å². The summed E-state index contributed by atoms with van der Waals surface area (Å²) in [7, 11) is 0. The van der Waals surface area contributed by atoms with Gasteiger partial charge in [0, 0.05) is 34.8 Å². The Bertz CT molecular complexity index is 2170. The van der Waals surface area contributed by atoms with E-state index in [1.807, 2.05) is 48.5 Å². The van der Waals surface area contributed by atoms with Crippen molar-refractivity contribution < 1.29 is 32.2 Å². The van der Waals surface area contributed by atoms with E-state index < -0.39 is 18.7 Å². The molecule has 0 aliphatic rings. The number of rotatable bonds is 17. The van der Waals surface area contributed by atoms with Crippen LogP contribution in [0.3, 0.4) is 0 Å². The Hall–Kier alpha value is -6.05. The van der Waals surface area contributed by atoms with Gasteiger partial charge >= 0.3 is 6.18 Å². The minimum absolute atomic E-state index is 0.00209. The highest BCUT2D eigenvalue weighted by Crippen LogP contribution is 2.37. The van der Waals surface area contributed by atoms with Crippen LogP contribution in [0, 0.1) is 0 Å². The van der Waals surface area contributed by atoms with Gasteiger partial charge in [0.1, 0.15) is 11.3 Å². The first-order valence-electron chi connectivity index (χ1n) is 18.3. The minimum atomic E-state index is -4.49. The number of benzene rings is 3. The summed E-state index contributed by atoms with van der Waals surface area (Å²) >= 11 is 0. The number of halogens is 3. The molecule has 290 valence electrons. The topological polar surface area (TPSA) is 156 Å². The monoisotopic (exact) mass is 757 g/mol. The number of carbonyl (C=O) groups excluding carboxylic acids is 2. The summed E-state index contributed by atoms with van der Waals surface area (Å²) in [5, 5.41) is 5.34. The first-order chi connectivity index (χ1) is 26.5. The molecule has 0 aliphatic heterocycles. The molecular weight excluding hydrogens is 711 g/mol. The summed E-state index contributed by atoms with van der Waals surface area (Å²) in [5.41, 5.74) is 14.7. The second-order valence-electron chi connectivity index (χ2n) is 13.1.